The summed E-state index contributed by atoms with van der Waals surface area (Å²) in [5, 5.41) is 2.77. The molecule has 0 fully saturated rings. The molecule has 0 radical (unpaired) electrons. The summed E-state index contributed by atoms with van der Waals surface area (Å²) in [6, 6.07) is 15.5. The number of thioether (sulfide) groups is 1. The zero-order valence-electron chi connectivity index (χ0n) is 17.4. The number of carbonyl (C=O) groups is 1. The van der Waals surface area contributed by atoms with Crippen LogP contribution in [0.2, 0.25) is 0 Å². The standard InChI is InChI=1S/C22H20N4O4S2/c1-3-31-21-24-19-18(32-21)20(28)26(15-7-5-4-6-8-15)22(29)25(19)13-17(27)23-14-9-11-16(30-2)12-10-14/h4-12H,3,13H2,1-2H3,(H,23,27). The molecular weight excluding hydrogens is 448 g/mol. The molecule has 0 bridgehead atoms. The highest BCUT2D eigenvalue weighted by atomic mass is 32.2. The highest BCUT2D eigenvalue weighted by Crippen LogP contribution is 2.27. The van der Waals surface area contributed by atoms with Gasteiger partial charge in [0.1, 0.15) is 17.0 Å². The molecule has 164 valence electrons. The number of nitrogens with zero attached hydrogens (tertiary/aromatic N) is 3. The van der Waals surface area contributed by atoms with Crippen LogP contribution >= 0.6 is 23.1 Å². The lowest BCUT2D eigenvalue weighted by Gasteiger charge is -2.12. The van der Waals surface area contributed by atoms with Crippen LogP contribution in [0.25, 0.3) is 16.0 Å². The number of hydrogen-bond donors (Lipinski definition) is 1. The lowest BCUT2D eigenvalue weighted by Crippen LogP contribution is -2.40. The SMILES string of the molecule is CCSc1nc2c(s1)c(=O)n(-c1ccccc1)c(=O)n2CC(=O)Nc1ccc(OC)cc1. The van der Waals surface area contributed by atoms with Crippen molar-refractivity contribution in [3.05, 3.63) is 75.4 Å². The maximum Gasteiger partial charge on any atom is 0.337 e. The molecule has 0 aliphatic rings. The van der Waals surface area contributed by atoms with Crippen molar-refractivity contribution in [2.24, 2.45) is 0 Å². The van der Waals surface area contributed by atoms with E-state index >= 15 is 0 Å². The molecular formula is C22H20N4O4S2. The molecule has 4 rings (SSSR count). The molecule has 8 nitrogen and oxygen atoms in total. The Hall–Kier alpha value is -3.37. The second kappa shape index (κ2) is 9.41. The van der Waals surface area contributed by atoms with Crippen LogP contribution in [0.1, 0.15) is 6.92 Å². The third kappa shape index (κ3) is 4.32. The normalized spacial score (nSPS) is 10.9. The van der Waals surface area contributed by atoms with Gasteiger partial charge in [-0.1, -0.05) is 36.9 Å². The monoisotopic (exact) mass is 468 g/mol. The minimum atomic E-state index is -0.614. The molecule has 10 heteroatoms. The van der Waals surface area contributed by atoms with Gasteiger partial charge in [0.05, 0.1) is 12.8 Å². The Bertz CT molecular complexity index is 1380. The molecule has 32 heavy (non-hydrogen) atoms. The maximum atomic E-state index is 13.3. The molecule has 1 amide bonds. The van der Waals surface area contributed by atoms with Crippen LogP contribution in [-0.4, -0.2) is 32.9 Å². The minimum Gasteiger partial charge on any atom is -0.497 e. The summed E-state index contributed by atoms with van der Waals surface area (Å²) in [6.07, 6.45) is 0. The highest BCUT2D eigenvalue weighted by molar-refractivity contribution is 8.01. The Morgan fingerprint density at radius 1 is 1.12 bits per heavy atom. The molecule has 0 saturated carbocycles. The smallest absolute Gasteiger partial charge is 0.337 e. The first-order valence-electron chi connectivity index (χ1n) is 9.80. The lowest BCUT2D eigenvalue weighted by atomic mass is 10.3. The summed E-state index contributed by atoms with van der Waals surface area (Å²) in [5.41, 5.74) is 0.169. The molecule has 0 aliphatic carbocycles. The van der Waals surface area contributed by atoms with E-state index in [-0.39, 0.29) is 12.2 Å². The van der Waals surface area contributed by atoms with Gasteiger partial charge in [0.25, 0.3) is 5.56 Å². The van der Waals surface area contributed by atoms with Crippen molar-refractivity contribution in [3.63, 3.8) is 0 Å². The molecule has 2 aromatic carbocycles. The summed E-state index contributed by atoms with van der Waals surface area (Å²) >= 11 is 2.71. The van der Waals surface area contributed by atoms with E-state index in [2.05, 4.69) is 10.3 Å². The zero-order chi connectivity index (χ0) is 22.7. The first kappa shape index (κ1) is 21.8. The van der Waals surface area contributed by atoms with Gasteiger partial charge in [0, 0.05) is 5.69 Å². The summed E-state index contributed by atoms with van der Waals surface area (Å²) in [4.78, 5) is 43.7. The molecule has 0 atom stereocenters. The van der Waals surface area contributed by atoms with Crippen molar-refractivity contribution in [2.75, 3.05) is 18.2 Å². The number of fused-ring (bicyclic) bond motifs is 1. The van der Waals surface area contributed by atoms with Gasteiger partial charge in [-0.3, -0.25) is 14.2 Å². The third-order valence-electron chi connectivity index (χ3n) is 4.62. The van der Waals surface area contributed by atoms with Gasteiger partial charge in [0.2, 0.25) is 5.91 Å². The number of anilines is 1. The molecule has 0 spiro atoms. The van der Waals surface area contributed by atoms with Crippen molar-refractivity contribution >= 4 is 45.0 Å². The van der Waals surface area contributed by atoms with E-state index < -0.39 is 17.2 Å². The molecule has 2 aromatic heterocycles. The number of nitrogens with one attached hydrogen (secondary N) is 1. The fourth-order valence-electron chi connectivity index (χ4n) is 3.17. The van der Waals surface area contributed by atoms with Crippen LogP contribution in [0, 0.1) is 0 Å². The molecule has 0 unspecified atom stereocenters. The number of rotatable bonds is 7. The van der Waals surface area contributed by atoms with E-state index in [1.54, 1.807) is 61.7 Å². The average molecular weight is 469 g/mol. The Balaban J connectivity index is 1.78. The van der Waals surface area contributed by atoms with E-state index in [9.17, 15) is 14.4 Å². The molecule has 0 saturated heterocycles. The van der Waals surface area contributed by atoms with E-state index in [0.717, 1.165) is 10.3 Å². The summed E-state index contributed by atoms with van der Waals surface area (Å²) in [6.45, 7) is 1.70. The second-order valence-corrected chi connectivity index (χ2v) is 9.20. The Labute approximate surface area is 191 Å². The number of methoxy groups -OCH3 is 1. The van der Waals surface area contributed by atoms with Crippen molar-refractivity contribution in [3.8, 4) is 11.4 Å². The van der Waals surface area contributed by atoms with Crippen LogP contribution in [0.15, 0.2) is 68.5 Å². The van der Waals surface area contributed by atoms with Gasteiger partial charge in [-0.15, -0.1) is 11.3 Å². The van der Waals surface area contributed by atoms with Gasteiger partial charge >= 0.3 is 5.69 Å². The number of hydrogen-bond acceptors (Lipinski definition) is 7. The van der Waals surface area contributed by atoms with Gasteiger partial charge in [0.15, 0.2) is 9.99 Å². The second-order valence-electron chi connectivity index (χ2n) is 6.69. The van der Waals surface area contributed by atoms with Crippen molar-refractivity contribution in [1.29, 1.82) is 0 Å². The molecule has 1 N–H and O–H groups in total. The largest absolute Gasteiger partial charge is 0.497 e. The van der Waals surface area contributed by atoms with E-state index in [1.165, 1.54) is 27.7 Å². The maximum absolute atomic E-state index is 13.3. The summed E-state index contributed by atoms with van der Waals surface area (Å²) in [5.74, 6) is 1.03. The number of carbonyl (C=O) groups excluding carboxylic acids is 1. The summed E-state index contributed by atoms with van der Waals surface area (Å²) < 4.78 is 8.47. The van der Waals surface area contributed by atoms with Crippen LogP contribution < -0.4 is 21.3 Å². The van der Waals surface area contributed by atoms with E-state index in [4.69, 9.17) is 4.74 Å². The Morgan fingerprint density at radius 2 is 1.84 bits per heavy atom. The number of amides is 1. The van der Waals surface area contributed by atoms with Crippen molar-refractivity contribution < 1.29 is 9.53 Å². The molecule has 4 aromatic rings. The fraction of sp³-hybridized carbons (Fsp3) is 0.182. The zero-order valence-corrected chi connectivity index (χ0v) is 19.0. The van der Waals surface area contributed by atoms with E-state index in [1.807, 2.05) is 6.92 Å². The van der Waals surface area contributed by atoms with Crippen molar-refractivity contribution in [2.45, 2.75) is 17.8 Å². The van der Waals surface area contributed by atoms with Crippen LogP contribution in [0.5, 0.6) is 5.75 Å². The number of ether oxygens (including phenoxy) is 1. The average Bonchev–Trinajstić information content (AvgIpc) is 3.22. The Kier molecular flexibility index (Phi) is 6.42. The molecule has 0 aliphatic heterocycles. The van der Waals surface area contributed by atoms with Crippen LogP contribution in [0.3, 0.4) is 0 Å². The first-order chi connectivity index (χ1) is 15.5. The van der Waals surface area contributed by atoms with Crippen molar-refractivity contribution in [1.82, 2.24) is 14.1 Å². The van der Waals surface area contributed by atoms with Gasteiger partial charge in [-0.2, -0.15) is 0 Å². The number of benzene rings is 2. The summed E-state index contributed by atoms with van der Waals surface area (Å²) in [7, 11) is 1.56. The number of aromatic nitrogens is 3. The van der Waals surface area contributed by atoms with E-state index in [0.29, 0.717) is 26.2 Å². The van der Waals surface area contributed by atoms with Crippen LogP contribution in [0.4, 0.5) is 5.69 Å². The quantitative estimate of drug-likeness (QED) is 0.418. The minimum absolute atomic E-state index is 0.220. The lowest BCUT2D eigenvalue weighted by molar-refractivity contribution is -0.116. The topological polar surface area (TPSA) is 95.2 Å². The van der Waals surface area contributed by atoms with Crippen LogP contribution in [-0.2, 0) is 11.3 Å². The van der Waals surface area contributed by atoms with Gasteiger partial charge < -0.3 is 10.1 Å². The van der Waals surface area contributed by atoms with Gasteiger partial charge in [-0.05, 0) is 42.2 Å². The number of thiazole rings is 1. The predicted molar refractivity (Wildman–Crippen MR) is 127 cm³/mol. The number of para-hydroxylation sites is 1. The fourth-order valence-corrected chi connectivity index (χ4v) is 5.14. The third-order valence-corrected chi connectivity index (χ3v) is 6.68. The first-order valence-corrected chi connectivity index (χ1v) is 11.6. The highest BCUT2D eigenvalue weighted by Gasteiger charge is 2.20. The van der Waals surface area contributed by atoms with Gasteiger partial charge in [-0.25, -0.2) is 14.3 Å². The predicted octanol–water partition coefficient (Wildman–Crippen LogP) is 3.37. The molecule has 2 heterocycles. The Morgan fingerprint density at radius 3 is 2.50 bits per heavy atom.